The van der Waals surface area contributed by atoms with Gasteiger partial charge >= 0.3 is 0 Å². The number of nitrogens with one attached hydrogen (secondary N) is 1. The molecule has 3 heteroatoms. The molecule has 21 heavy (non-hydrogen) atoms. The smallest absolute Gasteiger partial charge is 0.133 e. The van der Waals surface area contributed by atoms with Gasteiger partial charge in [0.15, 0.2) is 0 Å². The summed E-state index contributed by atoms with van der Waals surface area (Å²) in [6, 6.07) is 2.05. The van der Waals surface area contributed by atoms with E-state index in [1.165, 1.54) is 24.8 Å². The molecule has 2 bridgehead atoms. The SMILES string of the molecule is CCNCc1ccoc1COC1CC2CCC1(C)C2(C)C. The Bertz CT molecular complexity index is 493. The van der Waals surface area contributed by atoms with Crippen molar-refractivity contribution < 1.29 is 9.15 Å². The Labute approximate surface area is 128 Å². The van der Waals surface area contributed by atoms with Crippen molar-refractivity contribution in [2.45, 2.75) is 66.2 Å². The lowest BCUT2D eigenvalue weighted by Crippen LogP contribution is -2.37. The Morgan fingerprint density at radius 3 is 2.81 bits per heavy atom. The standard InChI is InChI=1S/C18H29NO2/c1-5-19-11-13-7-9-20-15(13)12-21-16-10-14-6-8-18(16,4)17(14,2)3/h7,9,14,16,19H,5-6,8,10-12H2,1-4H3. The van der Waals surface area contributed by atoms with Crippen LogP contribution in [0, 0.1) is 16.7 Å². The first kappa shape index (κ1) is 15.1. The van der Waals surface area contributed by atoms with E-state index in [0.717, 1.165) is 24.8 Å². The third-order valence-electron chi connectivity index (χ3n) is 6.53. The molecule has 1 N–H and O–H groups in total. The largest absolute Gasteiger partial charge is 0.467 e. The van der Waals surface area contributed by atoms with E-state index < -0.39 is 0 Å². The van der Waals surface area contributed by atoms with Crippen LogP contribution in [0.1, 0.15) is 58.3 Å². The van der Waals surface area contributed by atoms with Gasteiger partial charge in [-0.25, -0.2) is 0 Å². The zero-order valence-corrected chi connectivity index (χ0v) is 13.9. The molecule has 1 aromatic rings. The fourth-order valence-electron chi connectivity index (χ4n) is 4.47. The molecule has 0 amide bonds. The van der Waals surface area contributed by atoms with Gasteiger partial charge in [-0.05, 0) is 48.6 Å². The van der Waals surface area contributed by atoms with Gasteiger partial charge in [0, 0.05) is 12.1 Å². The van der Waals surface area contributed by atoms with E-state index in [9.17, 15) is 0 Å². The highest BCUT2D eigenvalue weighted by Gasteiger charge is 2.61. The number of fused-ring (bicyclic) bond motifs is 2. The molecule has 0 aliphatic heterocycles. The van der Waals surface area contributed by atoms with Gasteiger partial charge in [0.25, 0.3) is 0 Å². The lowest BCUT2D eigenvalue weighted by atomic mass is 9.70. The summed E-state index contributed by atoms with van der Waals surface area (Å²) in [7, 11) is 0. The minimum absolute atomic E-state index is 0.325. The Morgan fingerprint density at radius 2 is 2.19 bits per heavy atom. The molecule has 3 nitrogen and oxygen atoms in total. The minimum Gasteiger partial charge on any atom is -0.467 e. The predicted octanol–water partition coefficient (Wildman–Crippen LogP) is 4.12. The van der Waals surface area contributed by atoms with E-state index in [0.29, 0.717) is 23.5 Å². The number of hydrogen-bond acceptors (Lipinski definition) is 3. The molecule has 3 unspecified atom stereocenters. The van der Waals surface area contributed by atoms with E-state index in [1.54, 1.807) is 6.26 Å². The third-order valence-corrected chi connectivity index (χ3v) is 6.53. The van der Waals surface area contributed by atoms with Crippen LogP contribution in [0.2, 0.25) is 0 Å². The molecule has 2 fully saturated rings. The van der Waals surface area contributed by atoms with Crippen LogP contribution in [0.25, 0.3) is 0 Å². The third kappa shape index (κ3) is 2.35. The average Bonchev–Trinajstić information content (AvgIpc) is 3.04. The molecule has 0 aromatic carbocycles. The van der Waals surface area contributed by atoms with Crippen LogP contribution in [0.4, 0.5) is 0 Å². The van der Waals surface area contributed by atoms with Crippen molar-refractivity contribution in [1.29, 1.82) is 0 Å². The maximum absolute atomic E-state index is 6.32. The van der Waals surface area contributed by atoms with Crippen LogP contribution >= 0.6 is 0 Å². The lowest BCUT2D eigenvalue weighted by Gasteiger charge is -2.38. The Hall–Kier alpha value is -0.800. The first-order chi connectivity index (χ1) is 9.99. The lowest BCUT2D eigenvalue weighted by molar-refractivity contribution is -0.0599. The summed E-state index contributed by atoms with van der Waals surface area (Å²) in [5.41, 5.74) is 1.96. The topological polar surface area (TPSA) is 34.4 Å². The zero-order chi connectivity index (χ0) is 15.1. The second kappa shape index (κ2) is 5.44. The highest BCUT2D eigenvalue weighted by Crippen LogP contribution is 2.66. The number of hydrogen-bond donors (Lipinski definition) is 1. The van der Waals surface area contributed by atoms with Crippen LogP contribution in [-0.2, 0) is 17.9 Å². The fourth-order valence-corrected chi connectivity index (χ4v) is 4.47. The van der Waals surface area contributed by atoms with Gasteiger partial charge in [-0.3, -0.25) is 0 Å². The Balaban J connectivity index is 1.63. The van der Waals surface area contributed by atoms with Crippen LogP contribution in [0.15, 0.2) is 16.7 Å². The van der Waals surface area contributed by atoms with E-state index in [-0.39, 0.29) is 0 Å². The summed E-state index contributed by atoms with van der Waals surface area (Å²) in [4.78, 5) is 0. The molecule has 2 saturated carbocycles. The zero-order valence-electron chi connectivity index (χ0n) is 13.9. The number of ether oxygens (including phenoxy) is 1. The van der Waals surface area contributed by atoms with Crippen molar-refractivity contribution in [2.75, 3.05) is 6.54 Å². The minimum atomic E-state index is 0.325. The monoisotopic (exact) mass is 291 g/mol. The Morgan fingerprint density at radius 1 is 1.38 bits per heavy atom. The first-order valence-corrected chi connectivity index (χ1v) is 8.36. The highest BCUT2D eigenvalue weighted by atomic mass is 16.5. The summed E-state index contributed by atoms with van der Waals surface area (Å²) >= 11 is 0. The maximum atomic E-state index is 6.32. The average molecular weight is 291 g/mol. The van der Waals surface area contributed by atoms with Crippen molar-refractivity contribution in [3.63, 3.8) is 0 Å². The first-order valence-electron chi connectivity index (χ1n) is 8.36. The van der Waals surface area contributed by atoms with E-state index in [2.05, 4.69) is 33.0 Å². The summed E-state index contributed by atoms with van der Waals surface area (Å²) in [6.45, 7) is 11.8. The van der Waals surface area contributed by atoms with Gasteiger partial charge < -0.3 is 14.5 Å². The quantitative estimate of drug-likeness (QED) is 0.856. The van der Waals surface area contributed by atoms with Gasteiger partial charge in [0.05, 0.1) is 12.4 Å². The van der Waals surface area contributed by atoms with Crippen molar-refractivity contribution in [2.24, 2.45) is 16.7 Å². The molecular formula is C18H29NO2. The molecular weight excluding hydrogens is 262 g/mol. The summed E-state index contributed by atoms with van der Waals surface area (Å²) in [5.74, 6) is 1.81. The molecule has 118 valence electrons. The summed E-state index contributed by atoms with van der Waals surface area (Å²) in [5, 5.41) is 3.35. The van der Waals surface area contributed by atoms with E-state index in [4.69, 9.17) is 9.15 Å². The van der Waals surface area contributed by atoms with Crippen LogP contribution < -0.4 is 5.32 Å². The highest BCUT2D eigenvalue weighted by molar-refractivity contribution is 5.17. The molecule has 0 spiro atoms. The van der Waals surface area contributed by atoms with Crippen molar-refractivity contribution in [1.82, 2.24) is 5.32 Å². The van der Waals surface area contributed by atoms with Gasteiger partial charge in [-0.15, -0.1) is 0 Å². The molecule has 1 aromatic heterocycles. The Kier molecular flexibility index (Phi) is 3.91. The second-order valence-electron chi connectivity index (χ2n) is 7.56. The van der Waals surface area contributed by atoms with E-state index >= 15 is 0 Å². The molecule has 3 rings (SSSR count). The van der Waals surface area contributed by atoms with E-state index in [1.807, 2.05) is 6.07 Å². The van der Waals surface area contributed by atoms with Crippen molar-refractivity contribution in [3.8, 4) is 0 Å². The maximum Gasteiger partial charge on any atom is 0.133 e. The molecule has 2 aliphatic rings. The van der Waals surface area contributed by atoms with Gasteiger partial charge in [-0.2, -0.15) is 0 Å². The summed E-state index contributed by atoms with van der Waals surface area (Å²) < 4.78 is 11.9. The van der Waals surface area contributed by atoms with Gasteiger partial charge in [-0.1, -0.05) is 27.7 Å². The van der Waals surface area contributed by atoms with Crippen molar-refractivity contribution in [3.05, 3.63) is 23.7 Å². The molecule has 1 heterocycles. The van der Waals surface area contributed by atoms with Crippen LogP contribution in [0.3, 0.4) is 0 Å². The van der Waals surface area contributed by atoms with Crippen LogP contribution in [-0.4, -0.2) is 12.6 Å². The molecule has 2 aliphatic carbocycles. The molecule has 3 atom stereocenters. The van der Waals surface area contributed by atoms with Crippen LogP contribution in [0.5, 0.6) is 0 Å². The number of furan rings is 1. The number of rotatable bonds is 6. The molecule has 0 saturated heterocycles. The fraction of sp³-hybridized carbons (Fsp3) is 0.778. The van der Waals surface area contributed by atoms with Crippen molar-refractivity contribution >= 4 is 0 Å². The molecule has 0 radical (unpaired) electrons. The second-order valence-corrected chi connectivity index (χ2v) is 7.56. The normalized spacial score (nSPS) is 33.7. The van der Waals surface area contributed by atoms with Gasteiger partial charge in [0.1, 0.15) is 12.4 Å². The van der Waals surface area contributed by atoms with Gasteiger partial charge in [0.2, 0.25) is 0 Å². The summed E-state index contributed by atoms with van der Waals surface area (Å²) in [6.07, 6.45) is 6.04. The predicted molar refractivity (Wildman–Crippen MR) is 83.9 cm³/mol.